The lowest BCUT2D eigenvalue weighted by atomic mass is 10.1. The van der Waals surface area contributed by atoms with Gasteiger partial charge < -0.3 is 4.74 Å². The van der Waals surface area contributed by atoms with Crippen LogP contribution in [0.15, 0.2) is 53.6 Å². The summed E-state index contributed by atoms with van der Waals surface area (Å²) in [7, 11) is -3.66. The molecule has 0 atom stereocenters. The predicted molar refractivity (Wildman–Crippen MR) is 115 cm³/mol. The van der Waals surface area contributed by atoms with Gasteiger partial charge in [-0.15, -0.1) is 0 Å². The molecule has 31 heavy (non-hydrogen) atoms. The fourth-order valence-electron chi connectivity index (χ4n) is 3.77. The summed E-state index contributed by atoms with van der Waals surface area (Å²) in [5.74, 6) is -1.04. The number of hydrogen-bond acceptors (Lipinski definition) is 5. The number of rotatable bonds is 5. The number of halogens is 1. The van der Waals surface area contributed by atoms with E-state index in [2.05, 4.69) is 4.98 Å². The number of aromatic nitrogens is 1. The van der Waals surface area contributed by atoms with E-state index in [9.17, 15) is 17.6 Å². The number of fused-ring (bicyclic) bond motifs is 1. The predicted octanol–water partition coefficient (Wildman–Crippen LogP) is 4.21. The summed E-state index contributed by atoms with van der Waals surface area (Å²) < 4.78 is 46.8. The third-order valence-electron chi connectivity index (χ3n) is 5.54. The first-order chi connectivity index (χ1) is 14.9. The second kappa shape index (κ2) is 8.72. The molecule has 1 aliphatic rings. The molecule has 1 aliphatic heterocycles. The molecule has 1 saturated heterocycles. The molecule has 0 spiro atoms. The van der Waals surface area contributed by atoms with Crippen LogP contribution in [0.2, 0.25) is 0 Å². The molecule has 0 unspecified atom stereocenters. The van der Waals surface area contributed by atoms with E-state index in [4.69, 9.17) is 4.74 Å². The van der Waals surface area contributed by atoms with Crippen molar-refractivity contribution in [2.75, 3.05) is 13.1 Å². The van der Waals surface area contributed by atoms with Crippen LogP contribution in [-0.4, -0.2) is 36.8 Å². The molecule has 2 aromatic carbocycles. The maximum absolute atomic E-state index is 14.0. The second-order valence-corrected chi connectivity index (χ2v) is 9.56. The molecule has 0 N–H and O–H groups in total. The Morgan fingerprint density at radius 2 is 1.90 bits per heavy atom. The monoisotopic (exact) mass is 442 g/mol. The van der Waals surface area contributed by atoms with E-state index >= 15 is 0 Å². The SMILES string of the molecule is Cc1ccc(S(=O)(=O)N2CCCCC2)cc1C(=O)OCc1ccc(F)c2cccnc12. The Kier molecular flexibility index (Phi) is 6.02. The Morgan fingerprint density at radius 3 is 2.68 bits per heavy atom. The first-order valence-corrected chi connectivity index (χ1v) is 11.6. The van der Waals surface area contributed by atoms with Gasteiger partial charge in [0.25, 0.3) is 0 Å². The molecule has 1 aromatic heterocycles. The van der Waals surface area contributed by atoms with E-state index in [0.29, 0.717) is 35.1 Å². The van der Waals surface area contributed by atoms with Crippen molar-refractivity contribution in [1.82, 2.24) is 9.29 Å². The summed E-state index contributed by atoms with van der Waals surface area (Å²) >= 11 is 0. The van der Waals surface area contributed by atoms with Crippen LogP contribution >= 0.6 is 0 Å². The van der Waals surface area contributed by atoms with Crippen LogP contribution in [0, 0.1) is 12.7 Å². The number of aryl methyl sites for hydroxylation is 1. The Hall–Kier alpha value is -2.84. The molecular formula is C23H23FN2O4S. The van der Waals surface area contributed by atoms with Crippen LogP contribution in [0.25, 0.3) is 10.9 Å². The zero-order chi connectivity index (χ0) is 22.0. The Bertz CT molecular complexity index is 1240. The van der Waals surface area contributed by atoms with Crippen molar-refractivity contribution in [3.8, 4) is 0 Å². The van der Waals surface area contributed by atoms with Gasteiger partial charge in [0, 0.05) is 30.2 Å². The highest BCUT2D eigenvalue weighted by Crippen LogP contribution is 2.24. The van der Waals surface area contributed by atoms with Gasteiger partial charge in [-0.05, 0) is 55.7 Å². The zero-order valence-corrected chi connectivity index (χ0v) is 18.0. The molecule has 0 saturated carbocycles. The van der Waals surface area contributed by atoms with Crippen molar-refractivity contribution in [2.24, 2.45) is 0 Å². The summed E-state index contributed by atoms with van der Waals surface area (Å²) in [6.45, 7) is 2.60. The Labute approximate surface area is 180 Å². The highest BCUT2D eigenvalue weighted by Gasteiger charge is 2.27. The van der Waals surface area contributed by atoms with Gasteiger partial charge in [0.15, 0.2) is 0 Å². The summed E-state index contributed by atoms with van der Waals surface area (Å²) in [5, 5.41) is 0.349. The number of esters is 1. The lowest BCUT2D eigenvalue weighted by Gasteiger charge is -2.26. The van der Waals surface area contributed by atoms with E-state index in [-0.39, 0.29) is 17.1 Å². The molecule has 0 aliphatic carbocycles. The molecule has 4 rings (SSSR count). The second-order valence-electron chi connectivity index (χ2n) is 7.62. The highest BCUT2D eigenvalue weighted by atomic mass is 32.2. The normalized spacial score (nSPS) is 15.2. The van der Waals surface area contributed by atoms with E-state index in [1.165, 1.54) is 28.6 Å². The molecular weight excluding hydrogens is 419 g/mol. The first kappa shape index (κ1) is 21.4. The maximum Gasteiger partial charge on any atom is 0.338 e. The van der Waals surface area contributed by atoms with Crippen molar-refractivity contribution >= 4 is 26.9 Å². The average molecular weight is 443 g/mol. The van der Waals surface area contributed by atoms with E-state index < -0.39 is 21.8 Å². The van der Waals surface area contributed by atoms with Gasteiger partial charge in [-0.1, -0.05) is 18.6 Å². The molecule has 6 nitrogen and oxygen atoms in total. The van der Waals surface area contributed by atoms with Crippen molar-refractivity contribution < 1.29 is 22.3 Å². The number of nitrogens with zero attached hydrogens (tertiary/aromatic N) is 2. The lowest BCUT2D eigenvalue weighted by molar-refractivity contribution is 0.0473. The molecule has 1 fully saturated rings. The summed E-state index contributed by atoms with van der Waals surface area (Å²) in [6.07, 6.45) is 4.23. The largest absolute Gasteiger partial charge is 0.457 e. The van der Waals surface area contributed by atoms with Crippen LogP contribution in [0.5, 0.6) is 0 Å². The van der Waals surface area contributed by atoms with Gasteiger partial charge in [-0.3, -0.25) is 4.98 Å². The number of pyridine rings is 1. The van der Waals surface area contributed by atoms with E-state index in [1.54, 1.807) is 31.3 Å². The average Bonchev–Trinajstić information content (AvgIpc) is 2.79. The molecule has 0 bridgehead atoms. The molecule has 0 radical (unpaired) electrons. The third kappa shape index (κ3) is 4.31. The van der Waals surface area contributed by atoms with Gasteiger partial charge in [0.05, 0.1) is 16.0 Å². The van der Waals surface area contributed by atoms with Crippen molar-refractivity contribution in [3.63, 3.8) is 0 Å². The number of carbonyl (C=O) groups excluding carboxylic acids is 1. The summed E-state index contributed by atoms with van der Waals surface area (Å²) in [6, 6.07) is 10.6. The Balaban J connectivity index is 1.57. The molecule has 0 amide bonds. The number of sulfonamides is 1. The fraction of sp³-hybridized carbons (Fsp3) is 0.304. The van der Waals surface area contributed by atoms with Gasteiger partial charge in [0.2, 0.25) is 10.0 Å². The highest BCUT2D eigenvalue weighted by molar-refractivity contribution is 7.89. The van der Waals surface area contributed by atoms with Crippen LogP contribution in [0.4, 0.5) is 4.39 Å². The first-order valence-electron chi connectivity index (χ1n) is 10.2. The van der Waals surface area contributed by atoms with Crippen LogP contribution < -0.4 is 0 Å². The zero-order valence-electron chi connectivity index (χ0n) is 17.2. The minimum Gasteiger partial charge on any atom is -0.457 e. The third-order valence-corrected chi connectivity index (χ3v) is 7.44. The number of piperidine rings is 1. The molecule has 3 aromatic rings. The van der Waals surface area contributed by atoms with Crippen molar-refractivity contribution in [1.29, 1.82) is 0 Å². The molecule has 162 valence electrons. The minimum atomic E-state index is -3.66. The standard InChI is InChI=1S/C23H23FN2O4S/c1-16-7-9-18(31(28,29)26-12-3-2-4-13-26)14-20(16)23(27)30-15-17-8-10-21(24)19-6-5-11-25-22(17)19/h5-11,14H,2-4,12-13,15H2,1H3. The van der Waals surface area contributed by atoms with Gasteiger partial charge in [-0.2, -0.15) is 4.31 Å². The smallest absolute Gasteiger partial charge is 0.338 e. The van der Waals surface area contributed by atoms with Gasteiger partial charge in [-0.25, -0.2) is 17.6 Å². The lowest BCUT2D eigenvalue weighted by Crippen LogP contribution is -2.35. The van der Waals surface area contributed by atoms with Crippen LogP contribution in [0.3, 0.4) is 0 Å². The number of carbonyl (C=O) groups is 1. The number of ether oxygens (including phenoxy) is 1. The van der Waals surface area contributed by atoms with E-state index in [0.717, 1.165) is 19.3 Å². The molecule has 2 heterocycles. The minimum absolute atomic E-state index is 0.0841. The molecule has 8 heteroatoms. The van der Waals surface area contributed by atoms with Gasteiger partial charge in [0.1, 0.15) is 12.4 Å². The van der Waals surface area contributed by atoms with Gasteiger partial charge >= 0.3 is 5.97 Å². The number of benzene rings is 2. The topological polar surface area (TPSA) is 76.6 Å². The summed E-state index contributed by atoms with van der Waals surface area (Å²) in [4.78, 5) is 17.0. The summed E-state index contributed by atoms with van der Waals surface area (Å²) in [5.41, 5.74) is 1.80. The van der Waals surface area contributed by atoms with Crippen molar-refractivity contribution in [3.05, 3.63) is 71.2 Å². The fourth-order valence-corrected chi connectivity index (χ4v) is 5.31. The Morgan fingerprint density at radius 1 is 1.13 bits per heavy atom. The maximum atomic E-state index is 14.0. The van der Waals surface area contributed by atoms with Crippen molar-refractivity contribution in [2.45, 2.75) is 37.7 Å². The quantitative estimate of drug-likeness (QED) is 0.553. The number of hydrogen-bond donors (Lipinski definition) is 0. The van der Waals surface area contributed by atoms with Crippen LogP contribution in [0.1, 0.15) is 40.7 Å². The van der Waals surface area contributed by atoms with E-state index in [1.807, 2.05) is 0 Å². The van der Waals surface area contributed by atoms with Crippen LogP contribution in [-0.2, 0) is 21.4 Å².